The summed E-state index contributed by atoms with van der Waals surface area (Å²) in [6.45, 7) is 7.41. The summed E-state index contributed by atoms with van der Waals surface area (Å²) in [5.41, 5.74) is 11.3. The van der Waals surface area contributed by atoms with Gasteiger partial charge in [0.1, 0.15) is 0 Å². The zero-order chi connectivity index (χ0) is 12.2. The third-order valence-electron chi connectivity index (χ3n) is 2.82. The third-order valence-corrected chi connectivity index (χ3v) is 2.82. The fourth-order valence-electron chi connectivity index (χ4n) is 1.14. The highest BCUT2D eigenvalue weighted by molar-refractivity contribution is 6.41. The highest BCUT2D eigenvalue weighted by Gasteiger charge is 2.30. The summed E-state index contributed by atoms with van der Waals surface area (Å²) in [4.78, 5) is 23.2. The Morgan fingerprint density at radius 3 is 1.73 bits per heavy atom. The molecule has 0 aromatic heterocycles. The summed E-state index contributed by atoms with van der Waals surface area (Å²) < 4.78 is 0. The fraction of sp³-hybridized carbons (Fsp3) is 0.818. The number of rotatable bonds is 6. The molecule has 0 amide bonds. The van der Waals surface area contributed by atoms with Gasteiger partial charge in [0.25, 0.3) is 0 Å². The molecule has 0 unspecified atom stereocenters. The molecule has 4 heteroatoms. The quantitative estimate of drug-likeness (QED) is 0.630. The summed E-state index contributed by atoms with van der Waals surface area (Å²) in [5.74, 6) is -1.10. The molecule has 88 valence electrons. The lowest BCUT2D eigenvalue weighted by atomic mass is 9.89. The van der Waals surface area contributed by atoms with E-state index in [-0.39, 0.29) is 11.8 Å². The highest BCUT2D eigenvalue weighted by atomic mass is 16.2. The molecular formula is C11H22N2O2. The second-order valence-corrected chi connectivity index (χ2v) is 4.41. The molecule has 0 aliphatic rings. The summed E-state index contributed by atoms with van der Waals surface area (Å²) in [5, 5.41) is 0. The van der Waals surface area contributed by atoms with Crippen molar-refractivity contribution in [2.45, 2.75) is 46.2 Å². The van der Waals surface area contributed by atoms with Crippen LogP contribution < -0.4 is 11.5 Å². The van der Waals surface area contributed by atoms with E-state index in [0.717, 1.165) is 6.42 Å². The first-order chi connectivity index (χ1) is 6.82. The number of carbonyl (C=O) groups excluding carboxylic acids is 2. The van der Waals surface area contributed by atoms with Crippen molar-refractivity contribution < 1.29 is 9.59 Å². The maximum Gasteiger partial charge on any atom is 0.216 e. The van der Waals surface area contributed by atoms with Crippen LogP contribution in [0.5, 0.6) is 0 Å². The predicted octanol–water partition coefficient (Wildman–Crippen LogP) is 0.481. The van der Waals surface area contributed by atoms with Gasteiger partial charge in [-0.2, -0.15) is 0 Å². The van der Waals surface area contributed by atoms with Crippen molar-refractivity contribution in [3.05, 3.63) is 0 Å². The van der Waals surface area contributed by atoms with Crippen LogP contribution in [0.25, 0.3) is 0 Å². The van der Waals surface area contributed by atoms with E-state index in [1.165, 1.54) is 0 Å². The van der Waals surface area contributed by atoms with Gasteiger partial charge in [-0.05, 0) is 11.8 Å². The Balaban J connectivity index is 4.51. The minimum absolute atomic E-state index is 0.0146. The summed E-state index contributed by atoms with van der Waals surface area (Å²) in [6.07, 6.45) is 0.775. The van der Waals surface area contributed by atoms with Gasteiger partial charge >= 0.3 is 0 Å². The Morgan fingerprint density at radius 1 is 1.00 bits per heavy atom. The minimum Gasteiger partial charge on any atom is -0.321 e. The van der Waals surface area contributed by atoms with Crippen molar-refractivity contribution in [3.63, 3.8) is 0 Å². The zero-order valence-electron chi connectivity index (χ0n) is 9.99. The fourth-order valence-corrected chi connectivity index (χ4v) is 1.14. The van der Waals surface area contributed by atoms with Gasteiger partial charge in [-0.25, -0.2) is 0 Å². The molecule has 0 aliphatic heterocycles. The lowest BCUT2D eigenvalue weighted by Gasteiger charge is -2.19. The van der Waals surface area contributed by atoms with E-state index in [0.29, 0.717) is 0 Å². The van der Waals surface area contributed by atoms with Gasteiger partial charge in [0, 0.05) is 0 Å². The number of ketones is 2. The molecule has 0 aliphatic carbocycles. The average molecular weight is 214 g/mol. The molecule has 3 atom stereocenters. The van der Waals surface area contributed by atoms with E-state index in [9.17, 15) is 9.59 Å². The van der Waals surface area contributed by atoms with Crippen LogP contribution in [0.3, 0.4) is 0 Å². The van der Waals surface area contributed by atoms with Crippen molar-refractivity contribution in [2.75, 3.05) is 0 Å². The van der Waals surface area contributed by atoms with Gasteiger partial charge in [-0.3, -0.25) is 9.59 Å². The molecule has 0 fully saturated rings. The summed E-state index contributed by atoms with van der Waals surface area (Å²) in [6, 6.07) is -1.44. The number of hydrogen-bond donors (Lipinski definition) is 2. The second kappa shape index (κ2) is 5.98. The number of hydrogen-bond acceptors (Lipinski definition) is 4. The van der Waals surface area contributed by atoms with E-state index >= 15 is 0 Å². The molecule has 15 heavy (non-hydrogen) atoms. The lowest BCUT2D eigenvalue weighted by molar-refractivity contribution is -0.139. The van der Waals surface area contributed by atoms with Crippen molar-refractivity contribution in [1.82, 2.24) is 0 Å². The van der Waals surface area contributed by atoms with Crippen LogP contribution in [0.15, 0.2) is 0 Å². The van der Waals surface area contributed by atoms with Gasteiger partial charge in [-0.15, -0.1) is 0 Å². The Kier molecular flexibility index (Phi) is 5.68. The monoisotopic (exact) mass is 214 g/mol. The molecule has 0 saturated heterocycles. The first kappa shape index (κ1) is 14.3. The van der Waals surface area contributed by atoms with Gasteiger partial charge in [0.05, 0.1) is 12.1 Å². The molecule has 0 bridgehead atoms. The SMILES string of the molecule is CC[C@H](C)[C@H](N)C(=O)C(=O)[C@@H](N)C(C)C. The summed E-state index contributed by atoms with van der Waals surface area (Å²) >= 11 is 0. The second-order valence-electron chi connectivity index (χ2n) is 4.41. The maximum absolute atomic E-state index is 11.6. The lowest BCUT2D eigenvalue weighted by Crippen LogP contribution is -2.48. The van der Waals surface area contributed by atoms with Crippen molar-refractivity contribution >= 4 is 11.6 Å². The van der Waals surface area contributed by atoms with Crippen LogP contribution in [0, 0.1) is 11.8 Å². The topological polar surface area (TPSA) is 86.2 Å². The Morgan fingerprint density at radius 2 is 1.40 bits per heavy atom. The molecule has 0 aromatic carbocycles. The number of nitrogens with two attached hydrogens (primary N) is 2. The first-order valence-corrected chi connectivity index (χ1v) is 5.42. The van der Waals surface area contributed by atoms with Crippen molar-refractivity contribution in [1.29, 1.82) is 0 Å². The zero-order valence-corrected chi connectivity index (χ0v) is 9.99. The van der Waals surface area contributed by atoms with E-state index in [1.54, 1.807) is 0 Å². The molecule has 0 rings (SSSR count). The molecule has 0 aromatic rings. The Bertz CT molecular complexity index is 239. The molecule has 4 N–H and O–H groups in total. The van der Waals surface area contributed by atoms with E-state index in [2.05, 4.69) is 0 Å². The minimum atomic E-state index is -0.729. The van der Waals surface area contributed by atoms with Crippen LogP contribution in [0.1, 0.15) is 34.1 Å². The molecular weight excluding hydrogens is 192 g/mol. The standard InChI is InChI=1S/C11H22N2O2/c1-5-7(4)9(13)11(15)10(14)8(12)6(2)3/h6-9H,5,12-13H2,1-4H3/t7-,8-,9-/m0/s1. The van der Waals surface area contributed by atoms with Gasteiger partial charge < -0.3 is 11.5 Å². The number of Topliss-reactive ketones (excluding diaryl/α,β-unsaturated/α-hetero) is 2. The van der Waals surface area contributed by atoms with Gasteiger partial charge in [-0.1, -0.05) is 34.1 Å². The van der Waals surface area contributed by atoms with E-state index in [1.807, 2.05) is 27.7 Å². The highest BCUT2D eigenvalue weighted by Crippen LogP contribution is 2.09. The van der Waals surface area contributed by atoms with Gasteiger partial charge in [0.15, 0.2) is 0 Å². The smallest absolute Gasteiger partial charge is 0.216 e. The molecule has 4 nitrogen and oxygen atoms in total. The van der Waals surface area contributed by atoms with Crippen LogP contribution in [-0.4, -0.2) is 23.7 Å². The Hall–Kier alpha value is -0.740. The van der Waals surface area contributed by atoms with Crippen LogP contribution >= 0.6 is 0 Å². The molecule has 0 spiro atoms. The van der Waals surface area contributed by atoms with E-state index in [4.69, 9.17) is 11.5 Å². The van der Waals surface area contributed by atoms with Crippen molar-refractivity contribution in [2.24, 2.45) is 23.3 Å². The van der Waals surface area contributed by atoms with E-state index < -0.39 is 23.7 Å². The Labute approximate surface area is 91.4 Å². The maximum atomic E-state index is 11.6. The summed E-state index contributed by atoms with van der Waals surface area (Å²) in [7, 11) is 0. The molecule has 0 heterocycles. The van der Waals surface area contributed by atoms with Crippen molar-refractivity contribution in [3.8, 4) is 0 Å². The van der Waals surface area contributed by atoms with Crippen LogP contribution in [0.2, 0.25) is 0 Å². The first-order valence-electron chi connectivity index (χ1n) is 5.42. The molecule has 0 saturated carbocycles. The van der Waals surface area contributed by atoms with Crippen LogP contribution in [-0.2, 0) is 9.59 Å². The predicted molar refractivity (Wildman–Crippen MR) is 60.3 cm³/mol. The van der Waals surface area contributed by atoms with Gasteiger partial charge in [0.2, 0.25) is 11.6 Å². The van der Waals surface area contributed by atoms with Crippen LogP contribution in [0.4, 0.5) is 0 Å². The molecule has 0 radical (unpaired) electrons. The number of carbonyl (C=O) groups is 2. The largest absolute Gasteiger partial charge is 0.321 e. The third kappa shape index (κ3) is 3.72. The average Bonchev–Trinajstić information content (AvgIpc) is 2.23. The normalized spacial score (nSPS) is 17.3.